The standard InChI is InChI=1S/C6H5NO10S2/c8-7(9)4-1-2-5(16-18(10,11)12)6(3-4)17-19(13,14)15/h1-3H,(H,10,11,12)(H,13,14,15). The molecule has 0 atom stereocenters. The monoisotopic (exact) mass is 315 g/mol. The fourth-order valence-corrected chi connectivity index (χ4v) is 1.69. The van der Waals surface area contributed by atoms with E-state index in [2.05, 4.69) is 8.37 Å². The van der Waals surface area contributed by atoms with E-state index in [1.54, 1.807) is 0 Å². The fourth-order valence-electron chi connectivity index (χ4n) is 0.971. The number of nitro benzene ring substituents is 1. The van der Waals surface area contributed by atoms with Crippen LogP contribution in [0.15, 0.2) is 18.2 Å². The Bertz CT molecular complexity index is 706. The van der Waals surface area contributed by atoms with E-state index in [-0.39, 0.29) is 0 Å². The van der Waals surface area contributed by atoms with Crippen LogP contribution in [0.3, 0.4) is 0 Å². The van der Waals surface area contributed by atoms with Gasteiger partial charge >= 0.3 is 20.8 Å². The minimum atomic E-state index is -5.08. The van der Waals surface area contributed by atoms with Gasteiger partial charge in [-0.15, -0.1) is 0 Å². The maximum absolute atomic E-state index is 10.5. The average molecular weight is 315 g/mol. The van der Waals surface area contributed by atoms with Crippen LogP contribution >= 0.6 is 0 Å². The molecule has 0 radical (unpaired) electrons. The summed E-state index contributed by atoms with van der Waals surface area (Å²) in [6.07, 6.45) is 0. The van der Waals surface area contributed by atoms with Crippen LogP contribution in [-0.4, -0.2) is 30.9 Å². The predicted molar refractivity (Wildman–Crippen MR) is 57.4 cm³/mol. The summed E-state index contributed by atoms with van der Waals surface area (Å²) in [5.41, 5.74) is -0.665. The quantitative estimate of drug-likeness (QED) is 0.426. The summed E-state index contributed by atoms with van der Waals surface area (Å²) in [7, 11) is -10.1. The van der Waals surface area contributed by atoms with Crippen LogP contribution in [0.1, 0.15) is 0 Å². The highest BCUT2D eigenvalue weighted by Crippen LogP contribution is 2.33. The summed E-state index contributed by atoms with van der Waals surface area (Å²) in [5.74, 6) is -1.86. The molecular formula is C6H5NO10S2. The summed E-state index contributed by atoms with van der Waals surface area (Å²) in [6, 6.07) is 1.90. The molecule has 1 aromatic carbocycles. The number of nitro groups is 1. The van der Waals surface area contributed by atoms with Gasteiger partial charge in [0.2, 0.25) is 0 Å². The van der Waals surface area contributed by atoms with E-state index in [1.165, 1.54) is 0 Å². The van der Waals surface area contributed by atoms with Gasteiger partial charge in [-0.1, -0.05) is 0 Å². The van der Waals surface area contributed by atoms with E-state index < -0.39 is 42.9 Å². The highest BCUT2D eigenvalue weighted by Gasteiger charge is 2.21. The van der Waals surface area contributed by atoms with Crippen LogP contribution in [0.2, 0.25) is 0 Å². The number of hydrogen-bond acceptors (Lipinski definition) is 8. The summed E-state index contributed by atoms with van der Waals surface area (Å²) in [6.45, 7) is 0. The lowest BCUT2D eigenvalue weighted by atomic mass is 10.3. The van der Waals surface area contributed by atoms with Gasteiger partial charge in [-0.2, -0.15) is 16.8 Å². The van der Waals surface area contributed by atoms with Gasteiger partial charge in [0, 0.05) is 6.07 Å². The zero-order chi connectivity index (χ0) is 14.8. The lowest BCUT2D eigenvalue weighted by molar-refractivity contribution is -0.384. The first kappa shape index (κ1) is 15.1. The molecule has 0 saturated heterocycles. The molecule has 0 aliphatic carbocycles. The molecule has 11 nitrogen and oxygen atoms in total. The molecule has 19 heavy (non-hydrogen) atoms. The molecule has 13 heteroatoms. The van der Waals surface area contributed by atoms with Gasteiger partial charge in [-0.25, -0.2) is 0 Å². The van der Waals surface area contributed by atoms with Gasteiger partial charge < -0.3 is 8.37 Å². The number of rotatable bonds is 5. The maximum atomic E-state index is 10.5. The van der Waals surface area contributed by atoms with Crippen molar-refractivity contribution in [3.8, 4) is 11.5 Å². The molecule has 1 aromatic rings. The van der Waals surface area contributed by atoms with Crippen molar-refractivity contribution in [2.75, 3.05) is 0 Å². The Morgan fingerprint density at radius 3 is 1.89 bits per heavy atom. The van der Waals surface area contributed by atoms with Crippen molar-refractivity contribution in [1.29, 1.82) is 0 Å². The van der Waals surface area contributed by atoms with Crippen LogP contribution in [0, 0.1) is 10.1 Å². The first-order chi connectivity index (χ1) is 8.48. The lowest BCUT2D eigenvalue weighted by Gasteiger charge is -2.07. The molecule has 0 heterocycles. The van der Waals surface area contributed by atoms with Crippen LogP contribution < -0.4 is 8.37 Å². The number of hydrogen-bond donors (Lipinski definition) is 2. The number of non-ortho nitro benzene ring substituents is 1. The van der Waals surface area contributed by atoms with Gasteiger partial charge in [0.25, 0.3) is 5.69 Å². The highest BCUT2D eigenvalue weighted by atomic mass is 32.3. The molecular weight excluding hydrogens is 310 g/mol. The van der Waals surface area contributed by atoms with Crippen molar-refractivity contribution in [2.24, 2.45) is 0 Å². The molecule has 0 aliphatic rings. The third-order valence-electron chi connectivity index (χ3n) is 1.53. The second kappa shape index (κ2) is 4.96. The Labute approximate surface area is 106 Å². The number of benzene rings is 1. The van der Waals surface area contributed by atoms with Crippen molar-refractivity contribution < 1.29 is 39.2 Å². The van der Waals surface area contributed by atoms with E-state index >= 15 is 0 Å². The minimum absolute atomic E-state index is 0.480. The van der Waals surface area contributed by atoms with E-state index in [4.69, 9.17) is 9.11 Å². The SMILES string of the molecule is O=[N+]([O-])c1ccc(OS(=O)(=O)O)c(OS(=O)(=O)O)c1. The summed E-state index contributed by atoms with van der Waals surface area (Å²) < 4.78 is 66.6. The lowest BCUT2D eigenvalue weighted by Crippen LogP contribution is -2.11. The molecule has 0 amide bonds. The van der Waals surface area contributed by atoms with Crippen molar-refractivity contribution in [3.63, 3.8) is 0 Å². The Kier molecular flexibility index (Phi) is 3.94. The summed E-state index contributed by atoms with van der Waals surface area (Å²) in [5, 5.41) is 10.4. The van der Waals surface area contributed by atoms with Crippen LogP contribution in [0.25, 0.3) is 0 Å². The van der Waals surface area contributed by atoms with Crippen molar-refractivity contribution in [1.82, 2.24) is 0 Å². The van der Waals surface area contributed by atoms with Gasteiger partial charge in [0.15, 0.2) is 11.5 Å². The molecule has 0 fully saturated rings. The Hall–Kier alpha value is -1.96. The molecule has 106 valence electrons. The molecule has 0 aromatic heterocycles. The average Bonchev–Trinajstić information content (AvgIpc) is 2.15. The Morgan fingerprint density at radius 2 is 1.47 bits per heavy atom. The van der Waals surface area contributed by atoms with Crippen LogP contribution in [-0.2, 0) is 20.8 Å². The molecule has 1 rings (SSSR count). The van der Waals surface area contributed by atoms with E-state index in [0.717, 1.165) is 6.07 Å². The molecule has 0 unspecified atom stereocenters. The van der Waals surface area contributed by atoms with Crippen LogP contribution in [0.5, 0.6) is 11.5 Å². The fraction of sp³-hybridized carbons (Fsp3) is 0. The van der Waals surface area contributed by atoms with Gasteiger partial charge in [0.05, 0.1) is 11.0 Å². The highest BCUT2D eigenvalue weighted by molar-refractivity contribution is 7.81. The molecule has 0 saturated carbocycles. The molecule has 0 spiro atoms. The van der Waals surface area contributed by atoms with E-state index in [9.17, 15) is 26.9 Å². The van der Waals surface area contributed by atoms with E-state index in [0.29, 0.717) is 12.1 Å². The zero-order valence-electron chi connectivity index (χ0n) is 8.66. The Morgan fingerprint density at radius 1 is 1.00 bits per heavy atom. The molecule has 0 bridgehead atoms. The largest absolute Gasteiger partial charge is 0.446 e. The van der Waals surface area contributed by atoms with Crippen molar-refractivity contribution >= 4 is 26.5 Å². The van der Waals surface area contributed by atoms with E-state index in [1.807, 2.05) is 0 Å². The van der Waals surface area contributed by atoms with Crippen molar-refractivity contribution in [3.05, 3.63) is 28.3 Å². The first-order valence-electron chi connectivity index (χ1n) is 4.10. The smallest absolute Gasteiger partial charge is 0.358 e. The summed E-state index contributed by atoms with van der Waals surface area (Å²) in [4.78, 5) is 9.51. The van der Waals surface area contributed by atoms with Gasteiger partial charge in [-0.05, 0) is 6.07 Å². The third kappa shape index (κ3) is 5.04. The predicted octanol–water partition coefficient (Wildman–Crippen LogP) is -0.0420. The molecule has 2 N–H and O–H groups in total. The summed E-state index contributed by atoms with van der Waals surface area (Å²) >= 11 is 0. The van der Waals surface area contributed by atoms with Crippen LogP contribution in [0.4, 0.5) is 5.69 Å². The van der Waals surface area contributed by atoms with Crippen molar-refractivity contribution in [2.45, 2.75) is 0 Å². The normalized spacial score (nSPS) is 11.9. The minimum Gasteiger partial charge on any atom is -0.358 e. The first-order valence-corrected chi connectivity index (χ1v) is 6.83. The van der Waals surface area contributed by atoms with Gasteiger partial charge in [0.1, 0.15) is 0 Å². The second-order valence-corrected chi connectivity index (χ2v) is 4.95. The Balaban J connectivity index is 3.34. The molecule has 0 aliphatic heterocycles. The second-order valence-electron chi connectivity index (χ2n) is 2.91. The maximum Gasteiger partial charge on any atom is 0.446 e. The topological polar surface area (TPSA) is 170 Å². The third-order valence-corrected chi connectivity index (χ3v) is 2.31. The van der Waals surface area contributed by atoms with Gasteiger partial charge in [-0.3, -0.25) is 19.2 Å². The number of nitrogens with zero attached hydrogens (tertiary/aromatic N) is 1. The zero-order valence-corrected chi connectivity index (χ0v) is 10.3.